The van der Waals surface area contributed by atoms with Gasteiger partial charge in [0.15, 0.2) is 5.16 Å². The number of rotatable bonds is 7. The summed E-state index contributed by atoms with van der Waals surface area (Å²) in [5.41, 5.74) is 5.46. The molecule has 39 heavy (non-hydrogen) atoms. The Kier molecular flexibility index (Phi) is 6.67. The summed E-state index contributed by atoms with van der Waals surface area (Å²) in [6, 6.07) is 29.6. The van der Waals surface area contributed by atoms with Gasteiger partial charge in [-0.05, 0) is 67.4 Å². The largest absolute Gasteiger partial charge is 0.341 e. The molecule has 0 aliphatic rings. The first-order valence-corrected chi connectivity index (χ1v) is 14.1. The monoisotopic (exact) mass is 532 g/mol. The highest BCUT2D eigenvalue weighted by molar-refractivity contribution is 7.99. The van der Waals surface area contributed by atoms with Gasteiger partial charge < -0.3 is 9.88 Å². The van der Waals surface area contributed by atoms with Crippen LogP contribution in [0.25, 0.3) is 38.4 Å². The predicted molar refractivity (Wildman–Crippen MR) is 161 cm³/mol. The molecular formula is C32H28N4O2S. The van der Waals surface area contributed by atoms with Crippen LogP contribution in [0.15, 0.2) is 101 Å². The summed E-state index contributed by atoms with van der Waals surface area (Å²) in [6.45, 7) is 5.10. The highest BCUT2D eigenvalue weighted by Gasteiger charge is 2.16. The molecule has 0 bridgehead atoms. The Morgan fingerprint density at radius 1 is 0.846 bits per heavy atom. The van der Waals surface area contributed by atoms with E-state index in [2.05, 4.69) is 41.9 Å². The molecule has 2 aromatic heterocycles. The summed E-state index contributed by atoms with van der Waals surface area (Å²) in [4.78, 5) is 31.3. The molecule has 0 spiro atoms. The molecule has 6 rings (SSSR count). The van der Waals surface area contributed by atoms with Crippen molar-refractivity contribution in [3.8, 4) is 5.69 Å². The van der Waals surface area contributed by atoms with Crippen molar-refractivity contribution in [2.45, 2.75) is 32.0 Å². The Hall–Kier alpha value is -4.36. The molecular weight excluding hydrogens is 504 g/mol. The van der Waals surface area contributed by atoms with Crippen LogP contribution < -0.4 is 10.9 Å². The molecule has 7 heteroatoms. The van der Waals surface area contributed by atoms with Crippen LogP contribution in [0.3, 0.4) is 0 Å². The molecule has 0 fully saturated rings. The second kappa shape index (κ2) is 10.4. The van der Waals surface area contributed by atoms with E-state index >= 15 is 0 Å². The standard InChI is InChI=1S/C32H28N4O2S/c1-3-21-13-16-23(17-14-21)36-31(38)25-10-5-7-11-27(25)34-32(36)39-20-30(37)33-22-15-18-29-26(19-22)24-9-6-8-12-28(24)35(29)4-2/h5-19H,3-4,20H2,1-2H3,(H,33,37). The van der Waals surface area contributed by atoms with Crippen LogP contribution in [0, 0.1) is 0 Å². The first kappa shape index (κ1) is 24.9. The molecule has 194 valence electrons. The fourth-order valence-corrected chi connectivity index (χ4v) is 5.93. The Morgan fingerprint density at radius 3 is 2.33 bits per heavy atom. The van der Waals surface area contributed by atoms with Gasteiger partial charge in [-0.1, -0.05) is 61.2 Å². The zero-order chi connectivity index (χ0) is 26.9. The summed E-state index contributed by atoms with van der Waals surface area (Å²) in [6.07, 6.45) is 0.914. The fraction of sp³-hybridized carbons (Fsp3) is 0.156. The second-order valence-electron chi connectivity index (χ2n) is 9.40. The Balaban J connectivity index is 1.29. The minimum Gasteiger partial charge on any atom is -0.341 e. The van der Waals surface area contributed by atoms with Gasteiger partial charge in [0.1, 0.15) is 0 Å². The second-order valence-corrected chi connectivity index (χ2v) is 10.3. The smallest absolute Gasteiger partial charge is 0.266 e. The summed E-state index contributed by atoms with van der Waals surface area (Å²) in [5.74, 6) is -0.0408. The first-order chi connectivity index (χ1) is 19.1. The number of amides is 1. The van der Waals surface area contributed by atoms with E-state index in [1.165, 1.54) is 28.2 Å². The maximum Gasteiger partial charge on any atom is 0.266 e. The van der Waals surface area contributed by atoms with Crippen LogP contribution >= 0.6 is 11.8 Å². The van der Waals surface area contributed by atoms with Crippen molar-refractivity contribution in [1.29, 1.82) is 0 Å². The van der Waals surface area contributed by atoms with Crippen LogP contribution in [0.4, 0.5) is 5.69 Å². The number of fused-ring (bicyclic) bond motifs is 4. The number of carbonyl (C=O) groups excluding carboxylic acids is 1. The number of aryl methyl sites for hydroxylation is 2. The van der Waals surface area contributed by atoms with Crippen LogP contribution in [-0.2, 0) is 17.8 Å². The lowest BCUT2D eigenvalue weighted by Gasteiger charge is -2.14. The Bertz CT molecular complexity index is 1900. The zero-order valence-corrected chi connectivity index (χ0v) is 22.7. The van der Waals surface area contributed by atoms with Gasteiger partial charge in [0.05, 0.1) is 22.3 Å². The van der Waals surface area contributed by atoms with Crippen molar-refractivity contribution in [3.05, 3.63) is 107 Å². The SMILES string of the molecule is CCc1ccc(-n2c(SCC(=O)Nc3ccc4c(c3)c3ccccc3n4CC)nc3ccccc3c2=O)cc1. The van der Waals surface area contributed by atoms with Crippen molar-refractivity contribution in [2.24, 2.45) is 0 Å². The first-order valence-electron chi connectivity index (χ1n) is 13.1. The van der Waals surface area contributed by atoms with Crippen molar-refractivity contribution in [1.82, 2.24) is 14.1 Å². The maximum atomic E-state index is 13.5. The number of nitrogens with zero attached hydrogens (tertiary/aromatic N) is 3. The van der Waals surface area contributed by atoms with E-state index < -0.39 is 0 Å². The lowest BCUT2D eigenvalue weighted by atomic mass is 10.1. The number of anilines is 1. The number of aromatic nitrogens is 3. The zero-order valence-electron chi connectivity index (χ0n) is 21.8. The number of benzene rings is 4. The number of hydrogen-bond donors (Lipinski definition) is 1. The third-order valence-corrected chi connectivity index (χ3v) is 7.99. The summed E-state index contributed by atoms with van der Waals surface area (Å²) in [5, 5.41) is 6.35. The van der Waals surface area contributed by atoms with Gasteiger partial charge in [-0.2, -0.15) is 0 Å². The van der Waals surface area contributed by atoms with E-state index in [4.69, 9.17) is 4.98 Å². The molecule has 4 aromatic carbocycles. The molecule has 0 saturated heterocycles. The molecule has 1 N–H and O–H groups in total. The molecule has 0 saturated carbocycles. The van der Waals surface area contributed by atoms with Gasteiger partial charge in [0.2, 0.25) is 5.91 Å². The van der Waals surface area contributed by atoms with Crippen molar-refractivity contribution in [3.63, 3.8) is 0 Å². The molecule has 0 unspecified atom stereocenters. The van der Waals surface area contributed by atoms with E-state index in [0.717, 1.165) is 35.2 Å². The summed E-state index contributed by atoms with van der Waals surface area (Å²) < 4.78 is 3.88. The molecule has 0 radical (unpaired) electrons. The van der Waals surface area contributed by atoms with Crippen LogP contribution in [0.2, 0.25) is 0 Å². The minimum atomic E-state index is -0.158. The summed E-state index contributed by atoms with van der Waals surface area (Å²) in [7, 11) is 0. The van der Waals surface area contributed by atoms with E-state index in [-0.39, 0.29) is 17.2 Å². The predicted octanol–water partition coefficient (Wildman–Crippen LogP) is 6.81. The third kappa shape index (κ3) is 4.59. The van der Waals surface area contributed by atoms with E-state index in [9.17, 15) is 9.59 Å². The van der Waals surface area contributed by atoms with Gasteiger partial charge in [-0.25, -0.2) is 4.98 Å². The van der Waals surface area contributed by atoms with Gasteiger partial charge in [0.25, 0.3) is 5.56 Å². The lowest BCUT2D eigenvalue weighted by Crippen LogP contribution is -2.23. The van der Waals surface area contributed by atoms with Gasteiger partial charge >= 0.3 is 0 Å². The van der Waals surface area contributed by atoms with Crippen molar-refractivity contribution < 1.29 is 4.79 Å². The number of carbonyl (C=O) groups is 1. The number of thioether (sulfide) groups is 1. The van der Waals surface area contributed by atoms with E-state index in [1.54, 1.807) is 10.6 Å². The highest BCUT2D eigenvalue weighted by Crippen LogP contribution is 2.31. The number of hydrogen-bond acceptors (Lipinski definition) is 4. The highest BCUT2D eigenvalue weighted by atomic mass is 32.2. The molecule has 2 heterocycles. The Labute approximate surface area is 230 Å². The fourth-order valence-electron chi connectivity index (χ4n) is 5.12. The number of para-hydroxylation sites is 2. The third-order valence-electron chi connectivity index (χ3n) is 7.05. The molecule has 0 aliphatic carbocycles. The van der Waals surface area contributed by atoms with Crippen LogP contribution in [-0.4, -0.2) is 25.8 Å². The van der Waals surface area contributed by atoms with Gasteiger partial charge in [-0.3, -0.25) is 14.2 Å². The lowest BCUT2D eigenvalue weighted by molar-refractivity contribution is -0.113. The van der Waals surface area contributed by atoms with Gasteiger partial charge in [-0.15, -0.1) is 0 Å². The van der Waals surface area contributed by atoms with E-state index in [1.807, 2.05) is 66.7 Å². The number of nitrogens with one attached hydrogen (secondary N) is 1. The quantitative estimate of drug-likeness (QED) is 0.181. The van der Waals surface area contributed by atoms with Gasteiger partial charge in [0, 0.05) is 34.0 Å². The summed E-state index contributed by atoms with van der Waals surface area (Å²) >= 11 is 1.26. The van der Waals surface area contributed by atoms with E-state index in [0.29, 0.717) is 16.1 Å². The topological polar surface area (TPSA) is 68.9 Å². The van der Waals surface area contributed by atoms with Crippen molar-refractivity contribution >= 4 is 56.1 Å². The minimum absolute atomic E-state index is 0.118. The molecule has 0 atom stereocenters. The maximum absolute atomic E-state index is 13.5. The molecule has 0 aliphatic heterocycles. The molecule has 6 aromatic rings. The van der Waals surface area contributed by atoms with Crippen LogP contribution in [0.5, 0.6) is 0 Å². The average molecular weight is 533 g/mol. The average Bonchev–Trinajstić information content (AvgIpc) is 3.29. The molecule has 6 nitrogen and oxygen atoms in total. The van der Waals surface area contributed by atoms with Crippen LogP contribution in [0.1, 0.15) is 19.4 Å². The van der Waals surface area contributed by atoms with Crippen molar-refractivity contribution in [2.75, 3.05) is 11.1 Å². The molecule has 1 amide bonds. The normalized spacial score (nSPS) is 11.4. The Morgan fingerprint density at radius 2 is 1.56 bits per heavy atom.